The number of carboxylic acid groups (broad SMARTS) is 1. The van der Waals surface area contributed by atoms with Crippen LogP contribution >= 0.6 is 0 Å². The van der Waals surface area contributed by atoms with Gasteiger partial charge in [0, 0.05) is 11.8 Å². The van der Waals surface area contributed by atoms with Gasteiger partial charge in [-0.3, -0.25) is 4.79 Å². The molecule has 2 unspecified atom stereocenters. The van der Waals surface area contributed by atoms with Gasteiger partial charge in [0.15, 0.2) is 0 Å². The second-order valence-electron chi connectivity index (χ2n) is 9.41. The van der Waals surface area contributed by atoms with Crippen LogP contribution in [0.4, 0.5) is 0 Å². The van der Waals surface area contributed by atoms with Gasteiger partial charge in [-0.25, -0.2) is 0 Å². The lowest BCUT2D eigenvalue weighted by atomic mass is 9.75. The highest BCUT2D eigenvalue weighted by Gasteiger charge is 2.45. The summed E-state index contributed by atoms with van der Waals surface area (Å²) < 4.78 is 0. The Balaban J connectivity index is 1.80. The summed E-state index contributed by atoms with van der Waals surface area (Å²) in [5, 5.41) is 29.3. The molecule has 32 heavy (non-hydrogen) atoms. The van der Waals surface area contributed by atoms with Crippen LogP contribution in [0.5, 0.6) is 0 Å². The molecule has 0 aliphatic heterocycles. The van der Waals surface area contributed by atoms with Crippen molar-refractivity contribution in [3.63, 3.8) is 0 Å². The molecule has 0 aromatic heterocycles. The Morgan fingerprint density at radius 3 is 2.38 bits per heavy atom. The third-order valence-corrected chi connectivity index (χ3v) is 6.87. The van der Waals surface area contributed by atoms with Crippen molar-refractivity contribution >= 4 is 11.5 Å². The van der Waals surface area contributed by atoms with E-state index in [4.69, 9.17) is 5.11 Å². The molecule has 0 radical (unpaired) electrons. The van der Waals surface area contributed by atoms with Crippen LogP contribution in [0.15, 0.2) is 60.2 Å². The molecule has 4 heteroatoms. The molecule has 2 aliphatic carbocycles. The molecule has 0 saturated heterocycles. The summed E-state index contributed by atoms with van der Waals surface area (Å²) >= 11 is 0. The molecule has 2 aromatic rings. The fourth-order valence-corrected chi connectivity index (χ4v) is 5.69. The maximum atomic E-state index is 10.8. The van der Waals surface area contributed by atoms with Crippen molar-refractivity contribution in [3.05, 3.63) is 88.0 Å². The summed E-state index contributed by atoms with van der Waals surface area (Å²) in [7, 11) is 0. The van der Waals surface area contributed by atoms with Crippen LogP contribution in [0, 0.1) is 13.8 Å². The van der Waals surface area contributed by atoms with Gasteiger partial charge >= 0.3 is 5.97 Å². The molecular formula is C28H32O4. The fourth-order valence-electron chi connectivity index (χ4n) is 5.69. The molecule has 0 amide bonds. The number of allylic oxidation sites excluding steroid dienone is 2. The zero-order valence-electron chi connectivity index (χ0n) is 18.8. The van der Waals surface area contributed by atoms with Crippen LogP contribution in [0.2, 0.25) is 0 Å². The Labute approximate surface area is 189 Å². The van der Waals surface area contributed by atoms with Crippen LogP contribution in [0.25, 0.3) is 5.57 Å². The molecule has 168 valence electrons. The Bertz CT molecular complexity index is 1050. The van der Waals surface area contributed by atoms with Gasteiger partial charge in [0.25, 0.3) is 0 Å². The predicted octanol–water partition coefficient (Wildman–Crippen LogP) is 5.07. The number of hydrogen-bond donors (Lipinski definition) is 3. The minimum absolute atomic E-state index is 0.00884. The van der Waals surface area contributed by atoms with E-state index in [1.54, 1.807) is 6.08 Å². The first-order valence-electron chi connectivity index (χ1n) is 11.5. The van der Waals surface area contributed by atoms with Gasteiger partial charge in [0.1, 0.15) is 0 Å². The number of hydrogen-bond acceptors (Lipinski definition) is 3. The van der Waals surface area contributed by atoms with Crippen molar-refractivity contribution in [2.24, 2.45) is 0 Å². The van der Waals surface area contributed by atoms with E-state index in [1.807, 2.05) is 6.08 Å². The van der Waals surface area contributed by atoms with Crippen LogP contribution in [0.3, 0.4) is 0 Å². The zero-order valence-corrected chi connectivity index (χ0v) is 18.8. The molecule has 2 aromatic carbocycles. The van der Waals surface area contributed by atoms with Gasteiger partial charge in [-0.1, -0.05) is 78.6 Å². The number of carboxylic acids is 1. The van der Waals surface area contributed by atoms with E-state index < -0.39 is 18.2 Å². The average Bonchev–Trinajstić information content (AvgIpc) is 3.30. The quantitative estimate of drug-likeness (QED) is 0.571. The van der Waals surface area contributed by atoms with E-state index in [2.05, 4.69) is 56.3 Å². The number of aliphatic hydroxyl groups is 2. The predicted molar refractivity (Wildman–Crippen MR) is 127 cm³/mol. The number of aliphatic hydroxyl groups excluding tert-OH is 2. The Kier molecular flexibility index (Phi) is 6.36. The van der Waals surface area contributed by atoms with Crippen LogP contribution in [-0.2, 0) is 10.2 Å². The van der Waals surface area contributed by atoms with Gasteiger partial charge in [-0.2, -0.15) is 0 Å². The first-order chi connectivity index (χ1) is 15.3. The standard InChI is InChI=1S/C28H32O4/c1-18-13-19(2)15-20(14-18)27-23-7-3-4-8-24(23)28(11-5-6-12-28)25(27)10-9-21(29)16-22(30)17-26(31)32/h3-4,7-10,13-15,21-22,29-30H,5-6,11-12,16-17H2,1-2H3,(H,31,32)/b10-9+. The SMILES string of the molecule is Cc1cc(C)cc(C2=C(/C=C/C(O)CC(O)CC(=O)O)C3(CCCC3)c3ccccc32)c1. The molecular weight excluding hydrogens is 400 g/mol. The number of aliphatic carboxylic acids is 1. The number of benzene rings is 2. The Hall–Kier alpha value is -2.69. The van der Waals surface area contributed by atoms with Crippen molar-refractivity contribution in [1.29, 1.82) is 0 Å². The fraction of sp³-hybridized carbons (Fsp3) is 0.393. The Morgan fingerprint density at radius 2 is 1.72 bits per heavy atom. The summed E-state index contributed by atoms with van der Waals surface area (Å²) in [6.07, 6.45) is 5.95. The van der Waals surface area contributed by atoms with Crippen LogP contribution in [-0.4, -0.2) is 33.5 Å². The molecule has 0 heterocycles. The second-order valence-corrected chi connectivity index (χ2v) is 9.41. The summed E-state index contributed by atoms with van der Waals surface area (Å²) in [5.74, 6) is -1.07. The molecule has 3 N–H and O–H groups in total. The van der Waals surface area contributed by atoms with E-state index in [1.165, 1.54) is 51.8 Å². The first kappa shape index (κ1) is 22.5. The summed E-state index contributed by atoms with van der Waals surface area (Å²) in [4.78, 5) is 10.8. The molecule has 4 rings (SSSR count). The summed E-state index contributed by atoms with van der Waals surface area (Å²) in [5.41, 5.74) is 8.66. The number of carbonyl (C=O) groups is 1. The van der Waals surface area contributed by atoms with Gasteiger partial charge in [-0.05, 0) is 54.5 Å². The summed E-state index contributed by atoms with van der Waals surface area (Å²) in [6, 6.07) is 15.3. The summed E-state index contributed by atoms with van der Waals surface area (Å²) in [6.45, 7) is 4.23. The first-order valence-corrected chi connectivity index (χ1v) is 11.5. The molecule has 2 aliphatic rings. The van der Waals surface area contributed by atoms with Crippen molar-refractivity contribution in [1.82, 2.24) is 0 Å². The maximum Gasteiger partial charge on any atom is 0.305 e. The van der Waals surface area contributed by atoms with Crippen LogP contribution < -0.4 is 0 Å². The van der Waals surface area contributed by atoms with Crippen molar-refractivity contribution in [2.45, 2.75) is 70.0 Å². The van der Waals surface area contributed by atoms with Gasteiger partial charge in [-0.15, -0.1) is 0 Å². The third-order valence-electron chi connectivity index (χ3n) is 6.87. The van der Waals surface area contributed by atoms with E-state index in [0.29, 0.717) is 0 Å². The highest BCUT2D eigenvalue weighted by Crippen LogP contribution is 2.57. The van der Waals surface area contributed by atoms with Crippen molar-refractivity contribution < 1.29 is 20.1 Å². The lowest BCUT2D eigenvalue weighted by Gasteiger charge is -2.28. The smallest absolute Gasteiger partial charge is 0.305 e. The van der Waals surface area contributed by atoms with E-state index >= 15 is 0 Å². The molecule has 1 fully saturated rings. The van der Waals surface area contributed by atoms with E-state index in [0.717, 1.165) is 12.8 Å². The van der Waals surface area contributed by atoms with Gasteiger partial charge in [0.05, 0.1) is 18.6 Å². The van der Waals surface area contributed by atoms with E-state index in [9.17, 15) is 15.0 Å². The minimum atomic E-state index is -1.07. The van der Waals surface area contributed by atoms with Gasteiger partial charge < -0.3 is 15.3 Å². The number of fused-ring (bicyclic) bond motifs is 2. The highest BCUT2D eigenvalue weighted by atomic mass is 16.4. The molecule has 2 atom stereocenters. The third kappa shape index (κ3) is 4.30. The zero-order chi connectivity index (χ0) is 22.9. The number of rotatable bonds is 7. The highest BCUT2D eigenvalue weighted by molar-refractivity contribution is 5.92. The van der Waals surface area contributed by atoms with E-state index in [-0.39, 0.29) is 18.3 Å². The lowest BCUT2D eigenvalue weighted by molar-refractivity contribution is -0.139. The molecule has 4 nitrogen and oxygen atoms in total. The molecule has 1 spiro atoms. The van der Waals surface area contributed by atoms with Crippen molar-refractivity contribution in [3.8, 4) is 0 Å². The minimum Gasteiger partial charge on any atom is -0.481 e. The Morgan fingerprint density at radius 1 is 1.06 bits per heavy atom. The monoisotopic (exact) mass is 432 g/mol. The normalized spacial score (nSPS) is 19.0. The molecule has 1 saturated carbocycles. The largest absolute Gasteiger partial charge is 0.481 e. The second kappa shape index (κ2) is 9.05. The van der Waals surface area contributed by atoms with Crippen LogP contribution in [0.1, 0.15) is 66.3 Å². The maximum absolute atomic E-state index is 10.8. The topological polar surface area (TPSA) is 77.8 Å². The van der Waals surface area contributed by atoms with Gasteiger partial charge in [0.2, 0.25) is 0 Å². The van der Waals surface area contributed by atoms with Crippen molar-refractivity contribution in [2.75, 3.05) is 0 Å². The molecule has 0 bridgehead atoms. The average molecular weight is 433 g/mol. The lowest BCUT2D eigenvalue weighted by Crippen LogP contribution is -2.22. The number of aryl methyl sites for hydroxylation is 2.